The Kier molecular flexibility index (Phi) is 2.84. The van der Waals surface area contributed by atoms with Gasteiger partial charge >= 0.3 is 0 Å². The third-order valence-corrected chi connectivity index (χ3v) is 2.24. The van der Waals surface area contributed by atoms with Gasteiger partial charge in [0.1, 0.15) is 0 Å². The molecule has 0 bridgehead atoms. The zero-order valence-electron chi connectivity index (χ0n) is 9.21. The van der Waals surface area contributed by atoms with E-state index in [4.69, 9.17) is 15.0 Å². The number of non-ortho nitro benzene ring substituents is 1. The fraction of sp³-hybridized carbons (Fsp3) is 0.100. The van der Waals surface area contributed by atoms with Crippen molar-refractivity contribution in [2.45, 2.75) is 0 Å². The van der Waals surface area contributed by atoms with E-state index in [-0.39, 0.29) is 22.9 Å². The van der Waals surface area contributed by atoms with Gasteiger partial charge in [0.25, 0.3) is 5.69 Å². The predicted octanol–water partition coefficient (Wildman–Crippen LogP) is 1.98. The van der Waals surface area contributed by atoms with E-state index in [9.17, 15) is 14.5 Å². The number of methoxy groups -OCH3 is 1. The molecule has 94 valence electrons. The molecule has 18 heavy (non-hydrogen) atoms. The standard InChI is InChI=1S/C10H8FN3O4/c1-17-10-6(8-4-9(12)13-18-8)2-5(14(15)16)3-7(10)11/h2-4H,1H3,(H2,12,13). The molecule has 0 aliphatic heterocycles. The minimum atomic E-state index is -0.864. The number of nitrogen functional groups attached to an aromatic ring is 1. The molecule has 1 heterocycles. The maximum Gasteiger partial charge on any atom is 0.273 e. The molecule has 1 aromatic carbocycles. The molecule has 0 radical (unpaired) electrons. The Morgan fingerprint density at radius 2 is 2.22 bits per heavy atom. The number of hydrogen-bond donors (Lipinski definition) is 1. The van der Waals surface area contributed by atoms with Crippen molar-refractivity contribution in [1.82, 2.24) is 5.16 Å². The number of nitro benzene ring substituents is 1. The number of hydrogen-bond acceptors (Lipinski definition) is 6. The Balaban J connectivity index is 2.66. The molecule has 0 unspecified atom stereocenters. The molecule has 0 saturated carbocycles. The van der Waals surface area contributed by atoms with Crippen LogP contribution in [-0.4, -0.2) is 17.2 Å². The Morgan fingerprint density at radius 1 is 1.50 bits per heavy atom. The number of benzene rings is 1. The van der Waals surface area contributed by atoms with Crippen LogP contribution in [0.25, 0.3) is 11.3 Å². The Hall–Kier alpha value is -2.64. The topological polar surface area (TPSA) is 104 Å². The van der Waals surface area contributed by atoms with Crippen molar-refractivity contribution in [3.05, 3.63) is 34.1 Å². The van der Waals surface area contributed by atoms with E-state index in [0.29, 0.717) is 0 Å². The van der Waals surface area contributed by atoms with E-state index >= 15 is 0 Å². The highest BCUT2D eigenvalue weighted by Crippen LogP contribution is 2.36. The lowest BCUT2D eigenvalue weighted by Gasteiger charge is -2.06. The molecular formula is C10H8FN3O4. The van der Waals surface area contributed by atoms with Gasteiger partial charge in [0.05, 0.1) is 23.7 Å². The van der Waals surface area contributed by atoms with Gasteiger partial charge in [0.2, 0.25) is 0 Å². The summed E-state index contributed by atoms with van der Waals surface area (Å²) in [5, 5.41) is 14.1. The first-order valence-electron chi connectivity index (χ1n) is 4.77. The second-order valence-electron chi connectivity index (χ2n) is 3.38. The average Bonchev–Trinajstić information content (AvgIpc) is 2.74. The number of anilines is 1. The summed E-state index contributed by atoms with van der Waals surface area (Å²) >= 11 is 0. The van der Waals surface area contributed by atoms with Gasteiger partial charge in [0.15, 0.2) is 23.1 Å². The van der Waals surface area contributed by atoms with Crippen molar-refractivity contribution >= 4 is 11.5 Å². The molecule has 2 rings (SSSR count). The van der Waals surface area contributed by atoms with Crippen LogP contribution >= 0.6 is 0 Å². The van der Waals surface area contributed by atoms with Crippen molar-refractivity contribution < 1.29 is 18.6 Å². The van der Waals surface area contributed by atoms with E-state index in [1.807, 2.05) is 0 Å². The molecule has 0 aliphatic carbocycles. The molecular weight excluding hydrogens is 245 g/mol. The second-order valence-corrected chi connectivity index (χ2v) is 3.38. The van der Waals surface area contributed by atoms with Crippen LogP contribution in [0.15, 0.2) is 22.7 Å². The van der Waals surface area contributed by atoms with Crippen LogP contribution in [0.5, 0.6) is 5.75 Å². The SMILES string of the molecule is COc1c(F)cc([N+](=O)[O-])cc1-c1cc(N)no1. The Morgan fingerprint density at radius 3 is 2.72 bits per heavy atom. The van der Waals surface area contributed by atoms with E-state index in [0.717, 1.165) is 12.1 Å². The van der Waals surface area contributed by atoms with Crippen molar-refractivity contribution in [2.24, 2.45) is 0 Å². The van der Waals surface area contributed by atoms with E-state index in [1.165, 1.54) is 13.2 Å². The van der Waals surface area contributed by atoms with E-state index in [1.54, 1.807) is 0 Å². The summed E-state index contributed by atoms with van der Waals surface area (Å²) in [6.45, 7) is 0. The first kappa shape index (κ1) is 11.8. The third-order valence-electron chi connectivity index (χ3n) is 2.24. The number of halogens is 1. The predicted molar refractivity (Wildman–Crippen MR) is 59.5 cm³/mol. The largest absolute Gasteiger partial charge is 0.493 e. The quantitative estimate of drug-likeness (QED) is 0.662. The molecule has 2 N–H and O–H groups in total. The van der Waals surface area contributed by atoms with Crippen LogP contribution < -0.4 is 10.5 Å². The summed E-state index contributed by atoms with van der Waals surface area (Å²) in [6, 6.07) is 3.21. The fourth-order valence-electron chi connectivity index (χ4n) is 1.49. The summed E-state index contributed by atoms with van der Waals surface area (Å²) in [6.07, 6.45) is 0. The monoisotopic (exact) mass is 253 g/mol. The molecule has 0 spiro atoms. The highest BCUT2D eigenvalue weighted by Gasteiger charge is 2.21. The van der Waals surface area contributed by atoms with Gasteiger partial charge in [-0.1, -0.05) is 5.16 Å². The maximum absolute atomic E-state index is 13.6. The van der Waals surface area contributed by atoms with Crippen LogP contribution in [0.1, 0.15) is 0 Å². The molecule has 2 aromatic rings. The van der Waals surface area contributed by atoms with Crippen LogP contribution in [0.2, 0.25) is 0 Å². The summed E-state index contributed by atoms with van der Waals surface area (Å²) < 4.78 is 23.3. The fourth-order valence-corrected chi connectivity index (χ4v) is 1.49. The lowest BCUT2D eigenvalue weighted by molar-refractivity contribution is -0.385. The maximum atomic E-state index is 13.6. The zero-order valence-corrected chi connectivity index (χ0v) is 9.21. The van der Waals surface area contributed by atoms with Gasteiger partial charge in [-0.3, -0.25) is 10.1 Å². The third kappa shape index (κ3) is 1.95. The lowest BCUT2D eigenvalue weighted by Crippen LogP contribution is -1.95. The average molecular weight is 253 g/mol. The van der Waals surface area contributed by atoms with Crippen LogP contribution in [0, 0.1) is 15.9 Å². The first-order valence-corrected chi connectivity index (χ1v) is 4.77. The van der Waals surface area contributed by atoms with Crippen LogP contribution in [-0.2, 0) is 0 Å². The molecule has 0 amide bonds. The molecule has 7 nitrogen and oxygen atoms in total. The Labute approximate surface area is 100 Å². The second kappa shape index (κ2) is 4.32. The Bertz CT molecular complexity index is 611. The molecule has 0 fully saturated rings. The molecule has 0 saturated heterocycles. The van der Waals surface area contributed by atoms with Crippen molar-refractivity contribution in [2.75, 3.05) is 12.8 Å². The number of nitrogens with zero attached hydrogens (tertiary/aromatic N) is 2. The van der Waals surface area contributed by atoms with E-state index < -0.39 is 16.4 Å². The summed E-state index contributed by atoms with van der Waals surface area (Å²) in [7, 11) is 1.24. The molecule has 0 atom stereocenters. The smallest absolute Gasteiger partial charge is 0.273 e. The minimum Gasteiger partial charge on any atom is -0.493 e. The normalized spacial score (nSPS) is 10.3. The number of nitrogens with two attached hydrogens (primary N) is 1. The zero-order chi connectivity index (χ0) is 13.3. The lowest BCUT2D eigenvalue weighted by atomic mass is 10.1. The van der Waals surface area contributed by atoms with Crippen LogP contribution in [0.3, 0.4) is 0 Å². The highest BCUT2D eigenvalue weighted by atomic mass is 19.1. The number of ether oxygens (including phenoxy) is 1. The minimum absolute atomic E-state index is 0.0772. The number of nitro groups is 1. The molecule has 8 heteroatoms. The number of rotatable bonds is 3. The first-order chi connectivity index (χ1) is 8.52. The summed E-state index contributed by atoms with van der Waals surface area (Å²) in [5.41, 5.74) is 5.03. The van der Waals surface area contributed by atoms with Crippen molar-refractivity contribution in [1.29, 1.82) is 0 Å². The van der Waals surface area contributed by atoms with Gasteiger partial charge < -0.3 is 15.0 Å². The van der Waals surface area contributed by atoms with Gasteiger partial charge in [0, 0.05) is 12.1 Å². The molecule has 1 aromatic heterocycles. The summed E-state index contributed by atoms with van der Waals surface area (Å²) in [4.78, 5) is 9.95. The van der Waals surface area contributed by atoms with Gasteiger partial charge in [-0.25, -0.2) is 4.39 Å². The molecule has 0 aliphatic rings. The van der Waals surface area contributed by atoms with Gasteiger partial charge in [-0.2, -0.15) is 0 Å². The van der Waals surface area contributed by atoms with Crippen molar-refractivity contribution in [3.63, 3.8) is 0 Å². The van der Waals surface area contributed by atoms with Crippen molar-refractivity contribution in [3.8, 4) is 17.1 Å². The van der Waals surface area contributed by atoms with Gasteiger partial charge in [-0.05, 0) is 0 Å². The van der Waals surface area contributed by atoms with Gasteiger partial charge in [-0.15, -0.1) is 0 Å². The van der Waals surface area contributed by atoms with E-state index in [2.05, 4.69) is 5.16 Å². The highest BCUT2D eigenvalue weighted by molar-refractivity contribution is 5.70. The summed E-state index contributed by atoms with van der Waals surface area (Å²) in [5.74, 6) is -0.862. The van der Waals surface area contributed by atoms with Crippen LogP contribution in [0.4, 0.5) is 15.9 Å². The number of aromatic nitrogens is 1.